The van der Waals surface area contributed by atoms with E-state index in [1.165, 1.54) is 6.42 Å². The molecule has 0 aromatic carbocycles. The predicted octanol–water partition coefficient (Wildman–Crippen LogP) is 0.958. The van der Waals surface area contributed by atoms with Crippen molar-refractivity contribution in [3.8, 4) is 0 Å². The molecule has 1 aromatic heterocycles. The Morgan fingerprint density at radius 3 is 2.92 bits per heavy atom. The molecule has 0 fully saturated rings. The van der Waals surface area contributed by atoms with Crippen LogP contribution in [0.1, 0.15) is 26.2 Å². The van der Waals surface area contributed by atoms with Crippen LogP contribution in [0.25, 0.3) is 0 Å². The molecule has 0 atom stereocenters. The first kappa shape index (κ1) is 10.3. The van der Waals surface area contributed by atoms with Gasteiger partial charge in [0.2, 0.25) is 6.33 Å². The molecule has 0 bridgehead atoms. The van der Waals surface area contributed by atoms with Gasteiger partial charge in [-0.25, -0.2) is 9.13 Å². The largest absolute Gasteiger partial charge is 0.396 e. The summed E-state index contributed by atoms with van der Waals surface area (Å²) in [5.41, 5.74) is 0. The molecule has 0 aliphatic carbocycles. The Labute approximate surface area is 79.6 Å². The van der Waals surface area contributed by atoms with Gasteiger partial charge >= 0.3 is 0 Å². The number of aliphatic hydroxyl groups is 1. The van der Waals surface area contributed by atoms with Crippen LogP contribution < -0.4 is 4.57 Å². The number of rotatable bonds is 6. The fourth-order valence-electron chi connectivity index (χ4n) is 1.37. The van der Waals surface area contributed by atoms with Gasteiger partial charge in [-0.1, -0.05) is 6.92 Å². The van der Waals surface area contributed by atoms with Crippen molar-refractivity contribution in [2.45, 2.75) is 39.3 Å². The van der Waals surface area contributed by atoms with E-state index >= 15 is 0 Å². The van der Waals surface area contributed by atoms with Crippen LogP contribution in [0.3, 0.4) is 0 Å². The van der Waals surface area contributed by atoms with Gasteiger partial charge in [0.25, 0.3) is 0 Å². The Bertz CT molecular complexity index is 233. The average Bonchev–Trinajstić information content (AvgIpc) is 2.54. The van der Waals surface area contributed by atoms with E-state index < -0.39 is 0 Å². The second-order valence-corrected chi connectivity index (χ2v) is 3.32. The van der Waals surface area contributed by atoms with Crippen LogP contribution in [0, 0.1) is 0 Å². The van der Waals surface area contributed by atoms with Gasteiger partial charge in [-0.2, -0.15) is 0 Å². The van der Waals surface area contributed by atoms with E-state index in [-0.39, 0.29) is 0 Å². The predicted molar refractivity (Wildman–Crippen MR) is 51.2 cm³/mol. The summed E-state index contributed by atoms with van der Waals surface area (Å²) in [5.74, 6) is 0. The Morgan fingerprint density at radius 2 is 2.23 bits per heavy atom. The molecule has 0 radical (unpaired) electrons. The van der Waals surface area contributed by atoms with Gasteiger partial charge in [0, 0.05) is 6.61 Å². The summed E-state index contributed by atoms with van der Waals surface area (Å²) in [6.45, 7) is 4.58. The number of imidazole rings is 1. The first-order valence-corrected chi connectivity index (χ1v) is 5.02. The lowest BCUT2D eigenvalue weighted by Gasteiger charge is -1.94. The number of hydrogen-bond donors (Lipinski definition) is 1. The molecule has 1 rings (SSSR count). The van der Waals surface area contributed by atoms with E-state index in [2.05, 4.69) is 34.8 Å². The van der Waals surface area contributed by atoms with E-state index in [0.29, 0.717) is 6.61 Å². The minimum absolute atomic E-state index is 0.302. The minimum atomic E-state index is 0.302. The highest BCUT2D eigenvalue weighted by atomic mass is 16.2. The van der Waals surface area contributed by atoms with Crippen molar-refractivity contribution in [2.24, 2.45) is 0 Å². The standard InChI is InChI=1S/C10H19N2O/c1-2-5-11-7-8-12(10-11)6-3-4-9-13/h7-8,10,13H,2-6,9H2,1H3/q+1. The van der Waals surface area contributed by atoms with Gasteiger partial charge < -0.3 is 5.11 Å². The van der Waals surface area contributed by atoms with Crippen molar-refractivity contribution < 1.29 is 9.67 Å². The van der Waals surface area contributed by atoms with Gasteiger partial charge in [-0.3, -0.25) is 0 Å². The molecule has 1 aromatic rings. The molecule has 0 amide bonds. The lowest BCUT2D eigenvalue weighted by molar-refractivity contribution is -0.697. The Kier molecular flexibility index (Phi) is 4.54. The maximum atomic E-state index is 8.62. The van der Waals surface area contributed by atoms with Crippen LogP contribution in [0.5, 0.6) is 0 Å². The smallest absolute Gasteiger partial charge is 0.243 e. The second kappa shape index (κ2) is 5.75. The maximum absolute atomic E-state index is 8.62. The van der Waals surface area contributed by atoms with Crippen LogP contribution in [-0.2, 0) is 13.1 Å². The summed E-state index contributed by atoms with van der Waals surface area (Å²) in [7, 11) is 0. The zero-order valence-electron chi connectivity index (χ0n) is 8.32. The van der Waals surface area contributed by atoms with Crippen LogP contribution in [0.15, 0.2) is 18.7 Å². The lowest BCUT2D eigenvalue weighted by Crippen LogP contribution is -2.31. The second-order valence-electron chi connectivity index (χ2n) is 3.32. The highest BCUT2D eigenvalue weighted by Gasteiger charge is 2.01. The van der Waals surface area contributed by atoms with Crippen molar-refractivity contribution in [3.63, 3.8) is 0 Å². The van der Waals surface area contributed by atoms with E-state index in [0.717, 1.165) is 25.9 Å². The van der Waals surface area contributed by atoms with Crippen molar-refractivity contribution >= 4 is 0 Å². The molecule has 74 valence electrons. The fourth-order valence-corrected chi connectivity index (χ4v) is 1.37. The van der Waals surface area contributed by atoms with Gasteiger partial charge in [0.1, 0.15) is 12.4 Å². The number of aliphatic hydroxyl groups excluding tert-OH is 1. The SMILES string of the molecule is CCCn1cc[n+](CCCCO)c1. The number of hydrogen-bond acceptors (Lipinski definition) is 1. The lowest BCUT2D eigenvalue weighted by atomic mass is 10.3. The molecule has 0 spiro atoms. The van der Waals surface area contributed by atoms with Crippen LogP contribution >= 0.6 is 0 Å². The molecular formula is C10H19N2O+. The maximum Gasteiger partial charge on any atom is 0.243 e. The summed E-state index contributed by atoms with van der Waals surface area (Å²) in [5, 5.41) is 8.62. The van der Waals surface area contributed by atoms with Crippen molar-refractivity contribution in [2.75, 3.05) is 6.61 Å². The number of aromatic nitrogens is 2. The third kappa shape index (κ3) is 3.59. The molecule has 0 unspecified atom stereocenters. The first-order valence-electron chi connectivity index (χ1n) is 5.02. The molecule has 0 aliphatic heterocycles. The number of aryl methyl sites for hydroxylation is 2. The zero-order chi connectivity index (χ0) is 9.52. The number of unbranched alkanes of at least 4 members (excludes halogenated alkanes) is 1. The first-order chi connectivity index (χ1) is 6.36. The van der Waals surface area contributed by atoms with Crippen molar-refractivity contribution in [1.82, 2.24) is 4.57 Å². The zero-order valence-corrected chi connectivity index (χ0v) is 8.32. The van der Waals surface area contributed by atoms with Crippen LogP contribution in [-0.4, -0.2) is 16.3 Å². The summed E-state index contributed by atoms with van der Waals surface area (Å²) < 4.78 is 4.37. The molecule has 0 saturated carbocycles. The molecule has 13 heavy (non-hydrogen) atoms. The fraction of sp³-hybridized carbons (Fsp3) is 0.700. The summed E-state index contributed by atoms with van der Waals surface area (Å²) in [6, 6.07) is 0. The molecule has 3 heteroatoms. The van der Waals surface area contributed by atoms with Gasteiger partial charge in [-0.05, 0) is 19.3 Å². The highest BCUT2D eigenvalue weighted by Crippen LogP contribution is 1.90. The third-order valence-corrected chi connectivity index (χ3v) is 2.05. The topological polar surface area (TPSA) is 29.0 Å². The molecule has 0 aliphatic rings. The normalized spacial score (nSPS) is 10.6. The van der Waals surface area contributed by atoms with Crippen LogP contribution in [0.2, 0.25) is 0 Å². The van der Waals surface area contributed by atoms with Gasteiger partial charge in [0.15, 0.2) is 0 Å². The van der Waals surface area contributed by atoms with Gasteiger partial charge in [0.05, 0.1) is 13.1 Å². The summed E-state index contributed by atoms with van der Waals surface area (Å²) in [4.78, 5) is 0. The molecule has 1 N–H and O–H groups in total. The van der Waals surface area contributed by atoms with Gasteiger partial charge in [-0.15, -0.1) is 0 Å². The Balaban J connectivity index is 2.31. The summed E-state index contributed by atoms with van der Waals surface area (Å²) in [6.07, 6.45) is 9.44. The average molecular weight is 183 g/mol. The molecule has 0 saturated heterocycles. The highest BCUT2D eigenvalue weighted by molar-refractivity contribution is 4.65. The van der Waals surface area contributed by atoms with E-state index in [4.69, 9.17) is 5.11 Å². The van der Waals surface area contributed by atoms with E-state index in [9.17, 15) is 0 Å². The minimum Gasteiger partial charge on any atom is -0.396 e. The molecule has 3 nitrogen and oxygen atoms in total. The Hall–Kier alpha value is -0.830. The van der Waals surface area contributed by atoms with E-state index in [1.807, 2.05) is 0 Å². The molecule has 1 heterocycles. The van der Waals surface area contributed by atoms with Crippen molar-refractivity contribution in [1.29, 1.82) is 0 Å². The monoisotopic (exact) mass is 183 g/mol. The number of nitrogens with zero attached hydrogens (tertiary/aromatic N) is 2. The van der Waals surface area contributed by atoms with Crippen molar-refractivity contribution in [3.05, 3.63) is 18.7 Å². The summed E-state index contributed by atoms with van der Waals surface area (Å²) >= 11 is 0. The Morgan fingerprint density at radius 1 is 1.38 bits per heavy atom. The quantitative estimate of drug-likeness (QED) is 0.516. The van der Waals surface area contributed by atoms with E-state index in [1.54, 1.807) is 0 Å². The van der Waals surface area contributed by atoms with Crippen LogP contribution in [0.4, 0.5) is 0 Å². The third-order valence-electron chi connectivity index (χ3n) is 2.05. The molecular weight excluding hydrogens is 164 g/mol.